The van der Waals surface area contributed by atoms with Crippen molar-refractivity contribution in [3.8, 4) is 0 Å². The maximum Gasteiger partial charge on any atom is 0.342 e. The Hall–Kier alpha value is -1.14. The number of rotatable bonds is 7. The van der Waals surface area contributed by atoms with Crippen LogP contribution in [0.5, 0.6) is 0 Å². The van der Waals surface area contributed by atoms with Crippen LogP contribution < -0.4 is 0 Å². The summed E-state index contributed by atoms with van der Waals surface area (Å²) in [6.45, 7) is 14.2. The third-order valence-corrected chi connectivity index (χ3v) is 6.40. The Kier molecular flexibility index (Phi) is 8.82. The van der Waals surface area contributed by atoms with E-state index < -0.39 is 34.3 Å². The van der Waals surface area contributed by atoms with E-state index in [1.807, 2.05) is 41.5 Å². The molecule has 6 nitrogen and oxygen atoms in total. The summed E-state index contributed by atoms with van der Waals surface area (Å²) in [6, 6.07) is 0. The van der Waals surface area contributed by atoms with E-state index in [2.05, 4.69) is 0 Å². The normalized spacial score (nSPS) is 23.1. The Morgan fingerprint density at radius 3 is 1.06 bits per heavy atom. The lowest BCUT2D eigenvalue weighted by Gasteiger charge is -2.47. The van der Waals surface area contributed by atoms with Gasteiger partial charge in [-0.25, -0.2) is 9.59 Å². The third kappa shape index (κ3) is 7.18. The average Bonchev–Trinajstić information content (AvgIpc) is 2.66. The lowest BCUT2D eigenvalue weighted by Crippen LogP contribution is -2.67. The van der Waals surface area contributed by atoms with Gasteiger partial charge in [0.2, 0.25) is 11.2 Å². The van der Waals surface area contributed by atoms with Crippen LogP contribution in [0.25, 0.3) is 0 Å². The highest BCUT2D eigenvalue weighted by Crippen LogP contribution is 2.40. The van der Waals surface area contributed by atoms with Crippen molar-refractivity contribution >= 4 is 11.9 Å². The molecule has 0 radical (unpaired) electrons. The summed E-state index contributed by atoms with van der Waals surface area (Å²) in [5.74, 6) is -1.17. The van der Waals surface area contributed by atoms with Gasteiger partial charge in [-0.3, -0.25) is 0 Å². The second-order valence-electron chi connectivity index (χ2n) is 11.8. The van der Waals surface area contributed by atoms with E-state index >= 15 is 0 Å². The molecule has 2 aliphatic rings. The van der Waals surface area contributed by atoms with Gasteiger partial charge in [-0.15, -0.1) is 0 Å². The highest BCUT2D eigenvalue weighted by molar-refractivity contribution is 5.92. The highest BCUT2D eigenvalue weighted by Gasteiger charge is 2.62. The van der Waals surface area contributed by atoms with Crippen LogP contribution in [-0.2, 0) is 28.5 Å². The summed E-state index contributed by atoms with van der Waals surface area (Å²) in [6.07, 6.45) is 9.65. The molecule has 0 aromatic rings. The molecule has 2 fully saturated rings. The standard InChI is InChI=1S/C26H46O6/c1-23(2,3)31-21(27)25(7,29-19-15-11-9-12-16-19)26(8,22(28)32-24(4,5)6)30-20-17-13-10-14-18-20/h19-20H,9-18H2,1-8H3. The molecule has 2 aliphatic carbocycles. The van der Waals surface area contributed by atoms with Crippen LogP contribution in [0.2, 0.25) is 0 Å². The first-order valence-corrected chi connectivity index (χ1v) is 12.5. The topological polar surface area (TPSA) is 71.1 Å². The van der Waals surface area contributed by atoms with Crippen LogP contribution in [-0.4, -0.2) is 46.6 Å². The van der Waals surface area contributed by atoms with Gasteiger partial charge in [0.1, 0.15) is 11.2 Å². The minimum Gasteiger partial charge on any atom is -0.458 e. The first kappa shape index (κ1) is 27.1. The largest absolute Gasteiger partial charge is 0.458 e. The Bertz CT molecular complexity index is 578. The molecule has 32 heavy (non-hydrogen) atoms. The van der Waals surface area contributed by atoms with Crippen molar-refractivity contribution in [3.63, 3.8) is 0 Å². The minimum atomic E-state index is -1.64. The molecule has 0 aliphatic heterocycles. The quantitative estimate of drug-likeness (QED) is 0.447. The van der Waals surface area contributed by atoms with Gasteiger partial charge >= 0.3 is 11.9 Å². The molecule has 0 bridgehead atoms. The molecule has 2 rings (SSSR count). The molecule has 0 aromatic carbocycles. The van der Waals surface area contributed by atoms with Gasteiger partial charge in [-0.1, -0.05) is 38.5 Å². The maximum atomic E-state index is 13.7. The molecule has 0 N–H and O–H groups in total. The molecule has 0 heterocycles. The molecular weight excluding hydrogens is 408 g/mol. The predicted octanol–water partition coefficient (Wildman–Crippen LogP) is 5.89. The summed E-state index contributed by atoms with van der Waals surface area (Å²) >= 11 is 0. The lowest BCUT2D eigenvalue weighted by atomic mass is 9.82. The number of hydrogen-bond donors (Lipinski definition) is 0. The maximum absolute atomic E-state index is 13.7. The number of ether oxygens (including phenoxy) is 4. The van der Waals surface area contributed by atoms with Crippen molar-refractivity contribution in [1.29, 1.82) is 0 Å². The average molecular weight is 455 g/mol. The molecule has 0 aromatic heterocycles. The predicted molar refractivity (Wildman–Crippen MR) is 124 cm³/mol. The number of esters is 2. The molecule has 6 heteroatoms. The van der Waals surface area contributed by atoms with E-state index in [1.54, 1.807) is 13.8 Å². The molecule has 0 saturated heterocycles. The molecule has 0 spiro atoms. The van der Waals surface area contributed by atoms with Crippen molar-refractivity contribution in [2.24, 2.45) is 0 Å². The zero-order valence-electron chi connectivity index (χ0n) is 21.7. The summed E-state index contributed by atoms with van der Waals surface area (Å²) in [5, 5.41) is 0. The van der Waals surface area contributed by atoms with E-state index in [4.69, 9.17) is 18.9 Å². The second-order valence-corrected chi connectivity index (χ2v) is 11.8. The monoisotopic (exact) mass is 454 g/mol. The van der Waals surface area contributed by atoms with Crippen molar-refractivity contribution in [1.82, 2.24) is 0 Å². The van der Waals surface area contributed by atoms with Crippen molar-refractivity contribution in [2.75, 3.05) is 0 Å². The van der Waals surface area contributed by atoms with Gasteiger partial charge in [-0.05, 0) is 81.1 Å². The van der Waals surface area contributed by atoms with Gasteiger partial charge in [0.15, 0.2) is 0 Å². The number of carbonyl (C=O) groups excluding carboxylic acids is 2. The third-order valence-electron chi connectivity index (χ3n) is 6.40. The summed E-state index contributed by atoms with van der Waals surface area (Å²) < 4.78 is 24.7. The van der Waals surface area contributed by atoms with Crippen LogP contribution >= 0.6 is 0 Å². The van der Waals surface area contributed by atoms with Crippen LogP contribution in [0, 0.1) is 0 Å². The lowest BCUT2D eigenvalue weighted by molar-refractivity contribution is -0.257. The molecule has 0 amide bonds. The molecule has 186 valence electrons. The van der Waals surface area contributed by atoms with Gasteiger partial charge < -0.3 is 18.9 Å². The molecule has 2 saturated carbocycles. The summed E-state index contributed by atoms with van der Waals surface area (Å²) in [7, 11) is 0. The van der Waals surface area contributed by atoms with Crippen molar-refractivity contribution in [3.05, 3.63) is 0 Å². The van der Waals surface area contributed by atoms with Crippen LogP contribution in [0.4, 0.5) is 0 Å². The Balaban J connectivity index is 2.48. The SMILES string of the molecule is CC(C)(C)OC(=O)C(C)(OC1CCCCC1)C(C)(OC1CCCCC1)C(=O)OC(C)(C)C. The zero-order chi connectivity index (χ0) is 24.2. The van der Waals surface area contributed by atoms with E-state index in [0.717, 1.165) is 64.2 Å². The van der Waals surface area contributed by atoms with Gasteiger partial charge in [0, 0.05) is 0 Å². The number of carbonyl (C=O) groups is 2. The van der Waals surface area contributed by atoms with Crippen molar-refractivity contribution < 1.29 is 28.5 Å². The Morgan fingerprint density at radius 1 is 0.531 bits per heavy atom. The molecule has 2 unspecified atom stereocenters. The smallest absolute Gasteiger partial charge is 0.342 e. The molecule has 2 atom stereocenters. The Labute approximate surface area is 195 Å². The number of hydrogen-bond acceptors (Lipinski definition) is 6. The first-order valence-electron chi connectivity index (χ1n) is 12.5. The minimum absolute atomic E-state index is 0.127. The summed E-state index contributed by atoms with van der Waals surface area (Å²) in [4.78, 5) is 27.4. The summed E-state index contributed by atoms with van der Waals surface area (Å²) in [5.41, 5.74) is -4.73. The fraction of sp³-hybridized carbons (Fsp3) is 0.923. The fourth-order valence-electron chi connectivity index (χ4n) is 4.49. The van der Waals surface area contributed by atoms with Gasteiger partial charge in [0.05, 0.1) is 12.2 Å². The van der Waals surface area contributed by atoms with Crippen LogP contribution in [0.1, 0.15) is 120 Å². The van der Waals surface area contributed by atoms with Crippen LogP contribution in [0.3, 0.4) is 0 Å². The highest BCUT2D eigenvalue weighted by atomic mass is 16.6. The second kappa shape index (κ2) is 10.4. The van der Waals surface area contributed by atoms with Crippen molar-refractivity contribution in [2.45, 2.75) is 154 Å². The van der Waals surface area contributed by atoms with E-state index in [0.29, 0.717) is 0 Å². The first-order chi connectivity index (χ1) is 14.7. The van der Waals surface area contributed by atoms with E-state index in [1.165, 1.54) is 0 Å². The van der Waals surface area contributed by atoms with Gasteiger partial charge in [-0.2, -0.15) is 0 Å². The molecular formula is C26H46O6. The fourth-order valence-corrected chi connectivity index (χ4v) is 4.49. The Morgan fingerprint density at radius 2 is 0.812 bits per heavy atom. The zero-order valence-corrected chi connectivity index (χ0v) is 21.7. The van der Waals surface area contributed by atoms with Gasteiger partial charge in [0.25, 0.3) is 0 Å². The van der Waals surface area contributed by atoms with E-state index in [-0.39, 0.29) is 12.2 Å². The van der Waals surface area contributed by atoms with E-state index in [9.17, 15) is 9.59 Å². The van der Waals surface area contributed by atoms with Crippen LogP contribution in [0.15, 0.2) is 0 Å².